The van der Waals surface area contributed by atoms with Crippen LogP contribution in [-0.2, 0) is 28.6 Å². The number of cyclic esters (lactones) is 1. The van der Waals surface area contributed by atoms with E-state index in [0.29, 0.717) is 19.5 Å². The lowest BCUT2D eigenvalue weighted by atomic mass is 9.74. The van der Waals surface area contributed by atoms with Crippen LogP contribution in [0.3, 0.4) is 0 Å². The maximum Gasteiger partial charge on any atom is 0.341 e. The molecular formula is C19H27NO7. The average Bonchev–Trinajstić information content (AvgIpc) is 3.37. The molecule has 0 aliphatic carbocycles. The monoisotopic (exact) mass is 381 g/mol. The van der Waals surface area contributed by atoms with Crippen molar-refractivity contribution in [3.05, 3.63) is 11.6 Å². The number of hydrogen-bond donors (Lipinski definition) is 1. The summed E-state index contributed by atoms with van der Waals surface area (Å²) in [6.07, 6.45) is 1.07. The van der Waals surface area contributed by atoms with Crippen molar-refractivity contribution in [1.29, 1.82) is 0 Å². The minimum Gasteiger partial charge on any atom is -0.458 e. The fraction of sp³-hybridized carbons (Fsp3) is 0.737. The van der Waals surface area contributed by atoms with Crippen LogP contribution in [0, 0.1) is 11.8 Å². The Hall–Kier alpha value is -1.77. The Morgan fingerprint density at radius 2 is 1.96 bits per heavy atom. The van der Waals surface area contributed by atoms with Crippen molar-refractivity contribution in [3.8, 4) is 0 Å². The molecule has 0 saturated carbocycles. The van der Waals surface area contributed by atoms with Crippen LogP contribution in [0.2, 0.25) is 0 Å². The van der Waals surface area contributed by atoms with Crippen LogP contribution in [0.25, 0.3) is 0 Å². The van der Waals surface area contributed by atoms with Crippen molar-refractivity contribution in [1.82, 2.24) is 4.90 Å². The highest BCUT2D eigenvalue weighted by Crippen LogP contribution is 2.49. The predicted octanol–water partition coefficient (Wildman–Crippen LogP) is 0.0782. The average molecular weight is 381 g/mol. The molecule has 0 aromatic carbocycles. The first kappa shape index (κ1) is 20.0. The van der Waals surface area contributed by atoms with Crippen molar-refractivity contribution in [3.63, 3.8) is 0 Å². The molecule has 4 atom stereocenters. The summed E-state index contributed by atoms with van der Waals surface area (Å²) in [6, 6.07) is 0. The zero-order valence-corrected chi connectivity index (χ0v) is 16.2. The Balaban J connectivity index is 2.04. The van der Waals surface area contributed by atoms with Gasteiger partial charge in [0.1, 0.15) is 12.2 Å². The second-order valence-corrected chi connectivity index (χ2v) is 8.12. The molecule has 2 bridgehead atoms. The molecule has 0 radical (unpaired) electrons. The zero-order chi connectivity index (χ0) is 20.0. The maximum atomic E-state index is 13.0. The fourth-order valence-corrected chi connectivity index (χ4v) is 3.89. The van der Waals surface area contributed by atoms with Gasteiger partial charge in [-0.1, -0.05) is 19.9 Å². The van der Waals surface area contributed by atoms with Gasteiger partial charge in [-0.25, -0.2) is 4.79 Å². The molecular weight excluding hydrogens is 354 g/mol. The number of likely N-dealkylation sites (N-methyl/N-ethyl adjacent to an activating group) is 1. The lowest BCUT2D eigenvalue weighted by molar-refractivity contribution is -0.180. The van der Waals surface area contributed by atoms with Gasteiger partial charge < -0.3 is 24.2 Å². The van der Waals surface area contributed by atoms with E-state index in [-0.39, 0.29) is 30.5 Å². The first-order valence-electron chi connectivity index (χ1n) is 9.26. The highest BCUT2D eigenvalue weighted by molar-refractivity contribution is 6.01. The number of esters is 2. The van der Waals surface area contributed by atoms with Gasteiger partial charge in [0.15, 0.2) is 11.7 Å². The first-order chi connectivity index (χ1) is 12.6. The summed E-state index contributed by atoms with van der Waals surface area (Å²) in [4.78, 5) is 40.5. The van der Waals surface area contributed by atoms with Crippen LogP contribution in [0.5, 0.6) is 0 Å². The number of rotatable bonds is 1. The highest BCUT2D eigenvalue weighted by Gasteiger charge is 2.70. The van der Waals surface area contributed by atoms with E-state index < -0.39 is 35.2 Å². The number of ketones is 1. The number of hydrogen-bond acceptors (Lipinski definition) is 8. The molecule has 150 valence electrons. The largest absolute Gasteiger partial charge is 0.458 e. The van der Waals surface area contributed by atoms with Crippen molar-refractivity contribution < 1.29 is 33.7 Å². The number of aliphatic hydroxyl groups is 1. The third kappa shape index (κ3) is 3.41. The summed E-state index contributed by atoms with van der Waals surface area (Å²) >= 11 is 0. The third-order valence-corrected chi connectivity index (χ3v) is 5.75. The summed E-state index contributed by atoms with van der Waals surface area (Å²) in [6.45, 7) is 5.72. The first-order valence-corrected chi connectivity index (χ1v) is 9.26. The number of nitrogens with zero attached hydrogens (tertiary/aromatic N) is 1. The van der Waals surface area contributed by atoms with Crippen LogP contribution >= 0.6 is 0 Å². The standard InChI is InChI=1S/C19H27NO7/c1-11(2)14-16(22)27-13-6-8-20(4)7-5-12(15(13)21)9-25-17(23)18(3,24)19(14)10-26-19/h5,11,13-14,24H,6-10H2,1-4H3/b12-5-/t13-,14+,18+,19-/m1/s1. The number of epoxide rings is 1. The molecule has 8 nitrogen and oxygen atoms in total. The van der Waals surface area contributed by atoms with Crippen LogP contribution in [-0.4, -0.2) is 78.4 Å². The summed E-state index contributed by atoms with van der Waals surface area (Å²) in [5.41, 5.74) is -3.18. The third-order valence-electron chi connectivity index (χ3n) is 5.75. The minimum absolute atomic E-state index is 0.0388. The molecule has 8 heteroatoms. The molecule has 27 heavy (non-hydrogen) atoms. The van der Waals surface area contributed by atoms with E-state index >= 15 is 0 Å². The molecule has 2 fully saturated rings. The van der Waals surface area contributed by atoms with E-state index in [9.17, 15) is 19.5 Å². The predicted molar refractivity (Wildman–Crippen MR) is 93.7 cm³/mol. The van der Waals surface area contributed by atoms with Crippen LogP contribution in [0.15, 0.2) is 11.6 Å². The number of carbonyl (C=O) groups excluding carboxylic acids is 3. The molecule has 1 spiro atoms. The minimum atomic E-state index is -2.04. The van der Waals surface area contributed by atoms with Gasteiger partial charge in [0, 0.05) is 25.1 Å². The van der Waals surface area contributed by atoms with Crippen LogP contribution < -0.4 is 0 Å². The van der Waals surface area contributed by atoms with E-state index in [4.69, 9.17) is 14.2 Å². The van der Waals surface area contributed by atoms with Gasteiger partial charge in [0.05, 0.1) is 12.5 Å². The molecule has 0 unspecified atom stereocenters. The Morgan fingerprint density at radius 3 is 2.56 bits per heavy atom. The highest BCUT2D eigenvalue weighted by atomic mass is 16.6. The smallest absolute Gasteiger partial charge is 0.341 e. The van der Waals surface area contributed by atoms with Gasteiger partial charge in [0.25, 0.3) is 0 Å². The zero-order valence-electron chi connectivity index (χ0n) is 16.2. The molecule has 0 aromatic heterocycles. The second kappa shape index (κ2) is 7.00. The van der Waals surface area contributed by atoms with Gasteiger partial charge in [-0.3, -0.25) is 9.59 Å². The molecule has 0 aromatic rings. The van der Waals surface area contributed by atoms with E-state index in [1.807, 2.05) is 11.9 Å². The lowest BCUT2D eigenvalue weighted by Gasteiger charge is -2.34. The SMILES string of the molecule is CC(C)[C@H]1C(=O)O[C@@H]2CCN(C)C/C=C(/COC(=O)[C@](C)(O)[C@@]13CO3)C2=O. The van der Waals surface area contributed by atoms with E-state index in [2.05, 4.69) is 0 Å². The van der Waals surface area contributed by atoms with Crippen molar-refractivity contribution in [2.24, 2.45) is 11.8 Å². The second-order valence-electron chi connectivity index (χ2n) is 8.12. The molecule has 1 N–H and O–H groups in total. The number of Topliss-reactive ketones (excluding diaryl/α,β-unsaturated/α-hetero) is 1. The number of fused-ring (bicyclic) bond motifs is 2. The van der Waals surface area contributed by atoms with Crippen LogP contribution in [0.4, 0.5) is 0 Å². The van der Waals surface area contributed by atoms with Gasteiger partial charge >= 0.3 is 11.9 Å². The summed E-state index contributed by atoms with van der Waals surface area (Å²) in [7, 11) is 1.89. The fourth-order valence-electron chi connectivity index (χ4n) is 3.89. The Labute approximate surface area is 158 Å². The molecule has 3 aliphatic rings. The molecule has 3 aliphatic heterocycles. The quantitative estimate of drug-likeness (QED) is 0.503. The summed E-state index contributed by atoms with van der Waals surface area (Å²) < 4.78 is 16.4. The van der Waals surface area contributed by atoms with Crippen molar-refractivity contribution in [2.45, 2.75) is 44.5 Å². The van der Waals surface area contributed by atoms with E-state index in [1.165, 1.54) is 6.92 Å². The van der Waals surface area contributed by atoms with Gasteiger partial charge in [0.2, 0.25) is 5.78 Å². The van der Waals surface area contributed by atoms with Crippen LogP contribution in [0.1, 0.15) is 27.2 Å². The van der Waals surface area contributed by atoms with Gasteiger partial charge in [-0.15, -0.1) is 0 Å². The maximum absolute atomic E-state index is 13.0. The molecule has 2 saturated heterocycles. The van der Waals surface area contributed by atoms with Gasteiger partial charge in [-0.2, -0.15) is 0 Å². The molecule has 3 heterocycles. The summed E-state index contributed by atoms with van der Waals surface area (Å²) in [5.74, 6) is -3.10. The molecule has 0 amide bonds. The number of ether oxygens (including phenoxy) is 3. The lowest BCUT2D eigenvalue weighted by Crippen LogP contribution is -2.57. The van der Waals surface area contributed by atoms with Crippen molar-refractivity contribution >= 4 is 17.7 Å². The topological polar surface area (TPSA) is 106 Å². The normalized spacial score (nSPS) is 40.4. The Bertz CT molecular complexity index is 678. The van der Waals surface area contributed by atoms with E-state index in [0.717, 1.165) is 0 Å². The van der Waals surface area contributed by atoms with Gasteiger partial charge in [-0.05, 0) is 19.9 Å². The number of carbonyl (C=O) groups is 3. The summed E-state index contributed by atoms with van der Waals surface area (Å²) in [5, 5.41) is 10.9. The molecule has 3 rings (SSSR count). The Morgan fingerprint density at radius 1 is 1.30 bits per heavy atom. The van der Waals surface area contributed by atoms with Crippen molar-refractivity contribution in [2.75, 3.05) is 33.4 Å². The van der Waals surface area contributed by atoms with E-state index in [1.54, 1.807) is 19.9 Å². The Kier molecular flexibility index (Phi) is 5.18.